The van der Waals surface area contributed by atoms with Gasteiger partial charge in [-0.05, 0) is 19.8 Å². The number of ether oxygens (including phenoxy) is 1. The molecule has 16 heavy (non-hydrogen) atoms. The molecule has 2 fully saturated rings. The van der Waals surface area contributed by atoms with Crippen molar-refractivity contribution in [2.45, 2.75) is 50.4 Å². The number of rotatable bonds is 3. The van der Waals surface area contributed by atoms with Crippen LogP contribution in [0.5, 0.6) is 0 Å². The number of β-amino-alcohol motifs (C(OH)–C–C–N with tert-alkyl or cyclic N) is 1. The van der Waals surface area contributed by atoms with Crippen molar-refractivity contribution < 1.29 is 9.84 Å². The molecule has 0 aromatic rings. The summed E-state index contributed by atoms with van der Waals surface area (Å²) in [4.78, 5) is 2.31. The zero-order valence-electron chi connectivity index (χ0n) is 10.2. The first-order valence-corrected chi connectivity index (χ1v) is 6.41. The summed E-state index contributed by atoms with van der Waals surface area (Å²) in [5, 5.41) is 10.4. The Kier molecular flexibility index (Phi) is 3.85. The van der Waals surface area contributed by atoms with Crippen LogP contribution in [0, 0.1) is 0 Å². The van der Waals surface area contributed by atoms with Crippen LogP contribution < -0.4 is 5.73 Å². The van der Waals surface area contributed by atoms with Gasteiger partial charge in [-0.25, -0.2) is 0 Å². The van der Waals surface area contributed by atoms with Crippen LogP contribution in [0.25, 0.3) is 0 Å². The van der Waals surface area contributed by atoms with Crippen LogP contribution in [0.4, 0.5) is 0 Å². The molecule has 0 aromatic heterocycles. The Balaban J connectivity index is 1.85. The molecule has 1 aliphatic heterocycles. The quantitative estimate of drug-likeness (QED) is 0.731. The minimum atomic E-state index is -0.445. The van der Waals surface area contributed by atoms with Gasteiger partial charge in [0.05, 0.1) is 18.3 Å². The van der Waals surface area contributed by atoms with Gasteiger partial charge in [-0.2, -0.15) is 0 Å². The lowest BCUT2D eigenvalue weighted by Gasteiger charge is -2.38. The largest absolute Gasteiger partial charge is 0.389 e. The molecule has 2 unspecified atom stereocenters. The molecular weight excluding hydrogens is 204 g/mol. The van der Waals surface area contributed by atoms with Crippen molar-refractivity contribution >= 4 is 0 Å². The van der Waals surface area contributed by atoms with Gasteiger partial charge < -0.3 is 15.6 Å². The summed E-state index contributed by atoms with van der Waals surface area (Å²) in [5.41, 5.74) is 5.41. The van der Waals surface area contributed by atoms with Crippen LogP contribution in [0.1, 0.15) is 32.6 Å². The maximum absolute atomic E-state index is 10.4. The highest BCUT2D eigenvalue weighted by Crippen LogP contribution is 2.30. The van der Waals surface area contributed by atoms with Gasteiger partial charge in [0.15, 0.2) is 0 Å². The third-order valence-corrected chi connectivity index (χ3v) is 3.82. The summed E-state index contributed by atoms with van der Waals surface area (Å²) in [6, 6.07) is 0.0704. The number of aliphatic hydroxyl groups is 1. The second-order valence-corrected chi connectivity index (χ2v) is 5.43. The number of hydrogen-bond acceptors (Lipinski definition) is 4. The molecule has 2 atom stereocenters. The minimum absolute atomic E-state index is 0.0704. The molecule has 0 aromatic carbocycles. The topological polar surface area (TPSA) is 58.7 Å². The van der Waals surface area contributed by atoms with Gasteiger partial charge in [0, 0.05) is 25.7 Å². The van der Waals surface area contributed by atoms with Crippen LogP contribution >= 0.6 is 0 Å². The van der Waals surface area contributed by atoms with E-state index in [0.29, 0.717) is 0 Å². The van der Waals surface area contributed by atoms with Crippen LogP contribution in [0.15, 0.2) is 0 Å². The fourth-order valence-corrected chi connectivity index (χ4v) is 2.80. The Bertz CT molecular complexity index is 227. The van der Waals surface area contributed by atoms with Gasteiger partial charge >= 0.3 is 0 Å². The summed E-state index contributed by atoms with van der Waals surface area (Å²) in [7, 11) is 0. The Hall–Kier alpha value is -0.160. The predicted molar refractivity (Wildman–Crippen MR) is 63.2 cm³/mol. The predicted octanol–water partition coefficient (Wildman–Crippen LogP) is 0.340. The van der Waals surface area contributed by atoms with Crippen molar-refractivity contribution in [3.8, 4) is 0 Å². The molecule has 0 radical (unpaired) electrons. The molecule has 0 amide bonds. The monoisotopic (exact) mass is 228 g/mol. The highest BCUT2D eigenvalue weighted by atomic mass is 16.5. The molecular formula is C12H24N2O2. The zero-order valence-corrected chi connectivity index (χ0v) is 10.2. The normalized spacial score (nSPS) is 32.8. The standard InChI is InChI=1S/C12H24N2O2/c1-10(13)11-8-14(6-7-16-11)9-12(15)4-2-3-5-12/h10-11,15H,2-9,13H2,1H3. The average Bonchev–Trinajstić information content (AvgIpc) is 2.65. The van der Waals surface area contributed by atoms with E-state index in [1.807, 2.05) is 6.92 Å². The van der Waals surface area contributed by atoms with E-state index in [-0.39, 0.29) is 12.1 Å². The lowest BCUT2D eigenvalue weighted by atomic mass is 10.0. The first-order valence-electron chi connectivity index (χ1n) is 6.41. The van der Waals surface area contributed by atoms with Crippen molar-refractivity contribution in [1.29, 1.82) is 0 Å². The fourth-order valence-electron chi connectivity index (χ4n) is 2.80. The molecule has 1 aliphatic carbocycles. The van der Waals surface area contributed by atoms with E-state index in [1.54, 1.807) is 0 Å². The highest BCUT2D eigenvalue weighted by Gasteiger charge is 2.35. The van der Waals surface area contributed by atoms with E-state index >= 15 is 0 Å². The number of morpholine rings is 1. The summed E-state index contributed by atoms with van der Waals surface area (Å²) in [6.45, 7) is 5.30. The Morgan fingerprint density at radius 1 is 1.50 bits per heavy atom. The van der Waals surface area contributed by atoms with E-state index < -0.39 is 5.60 Å². The molecule has 1 heterocycles. The van der Waals surface area contributed by atoms with Gasteiger partial charge in [-0.1, -0.05) is 12.8 Å². The Morgan fingerprint density at radius 3 is 2.81 bits per heavy atom. The Morgan fingerprint density at radius 2 is 2.19 bits per heavy atom. The molecule has 0 bridgehead atoms. The van der Waals surface area contributed by atoms with Crippen molar-refractivity contribution in [3.05, 3.63) is 0 Å². The van der Waals surface area contributed by atoms with Crippen molar-refractivity contribution in [3.63, 3.8) is 0 Å². The lowest BCUT2D eigenvalue weighted by Crippen LogP contribution is -2.53. The Labute approximate surface area is 97.7 Å². The average molecular weight is 228 g/mol. The first kappa shape index (κ1) is 12.3. The number of hydrogen-bond donors (Lipinski definition) is 2. The second kappa shape index (κ2) is 5.00. The van der Waals surface area contributed by atoms with Gasteiger partial charge in [0.25, 0.3) is 0 Å². The molecule has 3 N–H and O–H groups in total. The van der Waals surface area contributed by atoms with Crippen LogP contribution in [0.3, 0.4) is 0 Å². The molecule has 0 spiro atoms. The maximum atomic E-state index is 10.4. The third kappa shape index (κ3) is 2.94. The molecule has 1 saturated carbocycles. The van der Waals surface area contributed by atoms with Gasteiger partial charge in [0.1, 0.15) is 0 Å². The minimum Gasteiger partial charge on any atom is -0.389 e. The van der Waals surface area contributed by atoms with Crippen LogP contribution in [-0.4, -0.2) is 54.0 Å². The van der Waals surface area contributed by atoms with Gasteiger partial charge in [-0.3, -0.25) is 4.90 Å². The second-order valence-electron chi connectivity index (χ2n) is 5.43. The lowest BCUT2D eigenvalue weighted by molar-refractivity contribution is -0.0681. The summed E-state index contributed by atoms with van der Waals surface area (Å²) >= 11 is 0. The summed E-state index contributed by atoms with van der Waals surface area (Å²) in [5.74, 6) is 0. The van der Waals surface area contributed by atoms with E-state index in [2.05, 4.69) is 4.90 Å². The third-order valence-electron chi connectivity index (χ3n) is 3.82. The van der Waals surface area contributed by atoms with Crippen molar-refractivity contribution in [1.82, 2.24) is 4.90 Å². The molecule has 94 valence electrons. The summed E-state index contributed by atoms with van der Waals surface area (Å²) < 4.78 is 5.62. The zero-order chi connectivity index (χ0) is 11.6. The molecule has 2 rings (SSSR count). The maximum Gasteiger partial charge on any atom is 0.0850 e. The van der Waals surface area contributed by atoms with Crippen LogP contribution in [0.2, 0.25) is 0 Å². The molecule has 2 aliphatic rings. The van der Waals surface area contributed by atoms with Crippen LogP contribution in [-0.2, 0) is 4.74 Å². The van der Waals surface area contributed by atoms with E-state index in [0.717, 1.165) is 51.9 Å². The van der Waals surface area contributed by atoms with Gasteiger partial charge in [-0.15, -0.1) is 0 Å². The molecule has 1 saturated heterocycles. The summed E-state index contributed by atoms with van der Waals surface area (Å²) in [6.07, 6.45) is 4.36. The SMILES string of the molecule is CC(N)C1CN(CC2(O)CCCC2)CCO1. The number of nitrogens with zero attached hydrogens (tertiary/aromatic N) is 1. The van der Waals surface area contributed by atoms with Crippen molar-refractivity contribution in [2.75, 3.05) is 26.2 Å². The van der Waals surface area contributed by atoms with E-state index in [1.165, 1.54) is 0 Å². The smallest absolute Gasteiger partial charge is 0.0850 e. The van der Waals surface area contributed by atoms with E-state index in [4.69, 9.17) is 10.5 Å². The molecule has 4 nitrogen and oxygen atoms in total. The highest BCUT2D eigenvalue weighted by molar-refractivity contribution is 4.89. The first-order chi connectivity index (χ1) is 7.59. The fraction of sp³-hybridized carbons (Fsp3) is 1.00. The molecule has 4 heteroatoms. The van der Waals surface area contributed by atoms with Crippen molar-refractivity contribution in [2.24, 2.45) is 5.73 Å². The van der Waals surface area contributed by atoms with Gasteiger partial charge in [0.2, 0.25) is 0 Å². The van der Waals surface area contributed by atoms with E-state index in [9.17, 15) is 5.11 Å². The number of nitrogens with two attached hydrogens (primary N) is 1.